The van der Waals surface area contributed by atoms with Crippen molar-refractivity contribution >= 4 is 54.8 Å². The summed E-state index contributed by atoms with van der Waals surface area (Å²) in [5.74, 6) is -0.0148. The van der Waals surface area contributed by atoms with Crippen molar-refractivity contribution in [1.82, 2.24) is 9.88 Å². The fourth-order valence-corrected chi connectivity index (χ4v) is 4.58. The number of hydrogen-bond donors (Lipinski definition) is 0. The normalized spacial score (nSPS) is 11.1. The molecule has 0 radical (unpaired) electrons. The molecule has 4 rings (SSSR count). The fourth-order valence-electron chi connectivity index (χ4n) is 3.04. The van der Waals surface area contributed by atoms with E-state index in [-0.39, 0.29) is 5.91 Å². The van der Waals surface area contributed by atoms with Gasteiger partial charge in [0.25, 0.3) is 5.91 Å². The lowest BCUT2D eigenvalue weighted by Crippen LogP contribution is -2.26. The van der Waals surface area contributed by atoms with Crippen LogP contribution in [-0.2, 0) is 6.54 Å². The smallest absolute Gasteiger partial charge is 0.256 e. The lowest BCUT2D eigenvalue weighted by atomic mass is 10.00. The van der Waals surface area contributed by atoms with Gasteiger partial charge in [0.15, 0.2) is 0 Å². The Morgan fingerprint density at radius 1 is 1.12 bits per heavy atom. The van der Waals surface area contributed by atoms with Gasteiger partial charge in [-0.25, -0.2) is 0 Å². The van der Waals surface area contributed by atoms with E-state index in [2.05, 4.69) is 27.0 Å². The van der Waals surface area contributed by atoms with Crippen molar-refractivity contribution in [3.05, 3.63) is 75.0 Å². The van der Waals surface area contributed by atoms with E-state index in [1.165, 1.54) is 0 Å². The number of rotatable bonds is 3. The van der Waals surface area contributed by atoms with Crippen molar-refractivity contribution < 1.29 is 4.79 Å². The van der Waals surface area contributed by atoms with Crippen LogP contribution in [0.15, 0.2) is 64.6 Å². The minimum Gasteiger partial charge on any atom is -0.336 e. The van der Waals surface area contributed by atoms with Gasteiger partial charge in [0.2, 0.25) is 0 Å². The molecule has 0 fully saturated rings. The average molecular weight is 411 g/mol. The molecule has 0 N–H and O–H groups in total. The molecule has 0 spiro atoms. The number of pyridine rings is 1. The summed E-state index contributed by atoms with van der Waals surface area (Å²) in [7, 11) is 1.83. The highest BCUT2D eigenvalue weighted by Crippen LogP contribution is 2.29. The predicted molar refractivity (Wildman–Crippen MR) is 107 cm³/mol. The van der Waals surface area contributed by atoms with Gasteiger partial charge in [0.1, 0.15) is 0 Å². The Bertz CT molecular complexity index is 1090. The summed E-state index contributed by atoms with van der Waals surface area (Å²) in [5.41, 5.74) is 1.40. The minimum absolute atomic E-state index is 0.0148. The number of aromatic nitrogens is 1. The number of carbonyl (C=O) groups is 1. The van der Waals surface area contributed by atoms with Gasteiger partial charge in [-0.05, 0) is 51.0 Å². The first-order valence-corrected chi connectivity index (χ1v) is 9.50. The average Bonchev–Trinajstić information content (AvgIpc) is 3.05. The van der Waals surface area contributed by atoms with E-state index in [1.807, 2.05) is 55.6 Å². The lowest BCUT2D eigenvalue weighted by molar-refractivity contribution is 0.0788. The maximum atomic E-state index is 13.1. The second-order valence-corrected chi connectivity index (χ2v) is 8.46. The molecule has 0 saturated carbocycles. The number of fused-ring (bicyclic) bond motifs is 3. The summed E-state index contributed by atoms with van der Waals surface area (Å²) in [6.07, 6.45) is 1.74. The molecule has 4 aromatic rings. The quantitative estimate of drug-likeness (QED) is 0.418. The molecule has 0 aliphatic carbocycles. The highest BCUT2D eigenvalue weighted by molar-refractivity contribution is 9.11. The van der Waals surface area contributed by atoms with Crippen LogP contribution < -0.4 is 0 Å². The van der Waals surface area contributed by atoms with E-state index in [0.717, 1.165) is 30.3 Å². The Morgan fingerprint density at radius 3 is 2.72 bits per heavy atom. The summed E-state index contributed by atoms with van der Waals surface area (Å²) in [5, 5.41) is 3.18. The molecule has 0 atom stereocenters. The topological polar surface area (TPSA) is 33.2 Å². The molecule has 3 nitrogen and oxygen atoms in total. The Morgan fingerprint density at radius 2 is 1.92 bits per heavy atom. The molecule has 2 heterocycles. The van der Waals surface area contributed by atoms with E-state index < -0.39 is 0 Å². The first-order valence-electron chi connectivity index (χ1n) is 7.89. The summed E-state index contributed by atoms with van der Waals surface area (Å²) < 4.78 is 1.07. The third kappa shape index (κ3) is 3.05. The standard InChI is InChI=1S/C20H15BrN2OS/c1-23(12-14-8-9-18(21)25-14)20(24)17-11-13-5-2-3-6-15(13)16-7-4-10-22-19(16)17/h2-11H,12H2,1H3. The van der Waals surface area contributed by atoms with E-state index in [1.54, 1.807) is 22.4 Å². The molecule has 0 bridgehead atoms. The van der Waals surface area contributed by atoms with Crippen LogP contribution in [0.5, 0.6) is 0 Å². The van der Waals surface area contributed by atoms with Gasteiger partial charge >= 0.3 is 0 Å². The second kappa shape index (κ2) is 6.58. The van der Waals surface area contributed by atoms with Crippen molar-refractivity contribution in [3.8, 4) is 0 Å². The van der Waals surface area contributed by atoms with Crippen LogP contribution in [0.4, 0.5) is 0 Å². The Hall–Kier alpha value is -2.24. The zero-order valence-corrected chi connectivity index (χ0v) is 16.0. The van der Waals surface area contributed by atoms with Gasteiger partial charge in [-0.2, -0.15) is 0 Å². The van der Waals surface area contributed by atoms with E-state index in [9.17, 15) is 4.79 Å². The van der Waals surface area contributed by atoms with E-state index in [0.29, 0.717) is 12.1 Å². The van der Waals surface area contributed by atoms with Crippen LogP contribution in [0.3, 0.4) is 0 Å². The molecule has 124 valence electrons. The van der Waals surface area contributed by atoms with Crippen molar-refractivity contribution in [2.24, 2.45) is 0 Å². The molecule has 0 aliphatic rings. The van der Waals surface area contributed by atoms with Crippen LogP contribution in [0.25, 0.3) is 21.7 Å². The predicted octanol–water partition coefficient (Wildman–Crippen LogP) is 5.48. The SMILES string of the molecule is CN(Cc1ccc(Br)s1)C(=O)c1cc2ccccc2c2cccnc12. The first-order chi connectivity index (χ1) is 12.1. The summed E-state index contributed by atoms with van der Waals surface area (Å²) in [6, 6.07) is 18.0. The largest absolute Gasteiger partial charge is 0.336 e. The van der Waals surface area contributed by atoms with E-state index >= 15 is 0 Å². The number of nitrogens with zero attached hydrogens (tertiary/aromatic N) is 2. The summed E-state index contributed by atoms with van der Waals surface area (Å²) >= 11 is 5.11. The van der Waals surface area contributed by atoms with Gasteiger partial charge in [-0.15, -0.1) is 11.3 Å². The second-order valence-electron chi connectivity index (χ2n) is 5.91. The van der Waals surface area contributed by atoms with Gasteiger partial charge in [-0.3, -0.25) is 9.78 Å². The monoisotopic (exact) mass is 410 g/mol. The highest BCUT2D eigenvalue weighted by atomic mass is 79.9. The molecule has 2 aromatic carbocycles. The maximum absolute atomic E-state index is 13.1. The molecule has 0 unspecified atom stereocenters. The van der Waals surface area contributed by atoms with Gasteiger partial charge in [0, 0.05) is 23.5 Å². The molecule has 1 amide bonds. The Balaban J connectivity index is 1.80. The molecule has 5 heteroatoms. The van der Waals surface area contributed by atoms with Gasteiger partial charge < -0.3 is 4.90 Å². The highest BCUT2D eigenvalue weighted by Gasteiger charge is 2.18. The number of amides is 1. The molecular weight excluding hydrogens is 396 g/mol. The maximum Gasteiger partial charge on any atom is 0.256 e. The van der Waals surface area contributed by atoms with Gasteiger partial charge in [-0.1, -0.05) is 30.3 Å². The third-order valence-electron chi connectivity index (χ3n) is 4.21. The van der Waals surface area contributed by atoms with Crippen LogP contribution in [0, 0.1) is 0 Å². The van der Waals surface area contributed by atoms with Crippen molar-refractivity contribution in [2.45, 2.75) is 6.54 Å². The number of hydrogen-bond acceptors (Lipinski definition) is 3. The molecule has 2 aromatic heterocycles. The molecule has 0 saturated heterocycles. The Kier molecular flexibility index (Phi) is 4.27. The van der Waals surface area contributed by atoms with Gasteiger partial charge in [0.05, 0.1) is 21.4 Å². The number of halogens is 1. The minimum atomic E-state index is -0.0148. The summed E-state index contributed by atoms with van der Waals surface area (Å²) in [6.45, 7) is 0.580. The molecular formula is C20H15BrN2OS. The Labute approximate surface area is 158 Å². The molecule has 0 aliphatic heterocycles. The van der Waals surface area contributed by atoms with Crippen LogP contribution in [0.1, 0.15) is 15.2 Å². The van der Waals surface area contributed by atoms with Crippen LogP contribution in [0.2, 0.25) is 0 Å². The zero-order chi connectivity index (χ0) is 17.4. The van der Waals surface area contributed by atoms with E-state index in [4.69, 9.17) is 0 Å². The van der Waals surface area contributed by atoms with Crippen molar-refractivity contribution in [2.75, 3.05) is 7.05 Å². The van der Waals surface area contributed by atoms with Crippen molar-refractivity contribution in [3.63, 3.8) is 0 Å². The summed E-state index contributed by atoms with van der Waals surface area (Å²) in [4.78, 5) is 20.5. The lowest BCUT2D eigenvalue weighted by Gasteiger charge is -2.18. The fraction of sp³-hybridized carbons (Fsp3) is 0.100. The number of thiophene rings is 1. The first kappa shape index (κ1) is 16.2. The number of carbonyl (C=O) groups excluding carboxylic acids is 1. The van der Waals surface area contributed by atoms with Crippen LogP contribution >= 0.6 is 27.3 Å². The third-order valence-corrected chi connectivity index (χ3v) is 5.82. The molecule has 25 heavy (non-hydrogen) atoms. The number of benzene rings is 2. The zero-order valence-electron chi connectivity index (χ0n) is 13.6. The van der Waals surface area contributed by atoms with Crippen molar-refractivity contribution in [1.29, 1.82) is 0 Å². The van der Waals surface area contributed by atoms with Crippen LogP contribution in [-0.4, -0.2) is 22.8 Å².